The number of hydrogen-bond acceptors (Lipinski definition) is 1. The predicted octanol–water partition coefficient (Wildman–Crippen LogP) is 1.21. The van der Waals surface area contributed by atoms with Crippen molar-refractivity contribution < 1.29 is 0 Å². The summed E-state index contributed by atoms with van der Waals surface area (Å²) in [7, 11) is 0. The molecule has 0 bridgehead atoms. The summed E-state index contributed by atoms with van der Waals surface area (Å²) in [4.78, 5) is 3.20. The molecule has 2 rings (SSSR count). The Morgan fingerprint density at radius 2 is 2.50 bits per heavy atom. The summed E-state index contributed by atoms with van der Waals surface area (Å²) in [6.45, 7) is 2.19. The number of hydrogen-bond donors (Lipinski definition) is 2. The van der Waals surface area contributed by atoms with E-state index in [0.29, 0.717) is 5.92 Å². The van der Waals surface area contributed by atoms with Gasteiger partial charge in [0.05, 0.1) is 0 Å². The maximum Gasteiger partial charge on any atom is 0.0342 e. The standard InChI is InChI=1S/C8H12N2/c1-5-4-7-6(8(5)9)2-3-10-7/h2-3,5,8,10H,4,9H2,1H3. The van der Waals surface area contributed by atoms with Crippen molar-refractivity contribution in [2.45, 2.75) is 19.4 Å². The molecule has 3 N–H and O–H groups in total. The molecule has 0 amide bonds. The van der Waals surface area contributed by atoms with Gasteiger partial charge in [0.2, 0.25) is 0 Å². The minimum Gasteiger partial charge on any atom is -0.365 e. The van der Waals surface area contributed by atoms with Crippen molar-refractivity contribution in [2.24, 2.45) is 11.7 Å². The Morgan fingerprint density at radius 3 is 3.20 bits per heavy atom. The second-order valence-corrected chi connectivity index (χ2v) is 3.12. The normalized spacial score (nSPS) is 30.6. The molecule has 54 valence electrons. The van der Waals surface area contributed by atoms with Gasteiger partial charge in [-0.2, -0.15) is 0 Å². The third kappa shape index (κ3) is 0.625. The zero-order valence-electron chi connectivity index (χ0n) is 6.09. The smallest absolute Gasteiger partial charge is 0.0342 e. The van der Waals surface area contributed by atoms with E-state index in [1.807, 2.05) is 6.20 Å². The minimum atomic E-state index is 0.265. The molecule has 0 fully saturated rings. The molecule has 0 radical (unpaired) electrons. The molecule has 2 nitrogen and oxygen atoms in total. The average molecular weight is 136 g/mol. The second-order valence-electron chi connectivity index (χ2n) is 3.12. The van der Waals surface area contributed by atoms with Gasteiger partial charge >= 0.3 is 0 Å². The van der Waals surface area contributed by atoms with Crippen molar-refractivity contribution in [3.8, 4) is 0 Å². The number of fused-ring (bicyclic) bond motifs is 1. The molecule has 1 heterocycles. The van der Waals surface area contributed by atoms with Crippen LogP contribution in [0.25, 0.3) is 0 Å². The molecule has 0 spiro atoms. The van der Waals surface area contributed by atoms with Crippen LogP contribution in [0.3, 0.4) is 0 Å². The highest BCUT2D eigenvalue weighted by molar-refractivity contribution is 5.30. The molecule has 10 heavy (non-hydrogen) atoms. The van der Waals surface area contributed by atoms with E-state index in [4.69, 9.17) is 5.73 Å². The molecular formula is C8H12N2. The molecule has 2 heteroatoms. The quantitative estimate of drug-likeness (QED) is 0.553. The van der Waals surface area contributed by atoms with Crippen LogP contribution >= 0.6 is 0 Å². The van der Waals surface area contributed by atoms with Crippen LogP contribution in [0.1, 0.15) is 24.2 Å². The average Bonchev–Trinajstić information content (AvgIpc) is 2.41. The third-order valence-corrected chi connectivity index (χ3v) is 2.37. The lowest BCUT2D eigenvalue weighted by atomic mass is 10.0. The van der Waals surface area contributed by atoms with E-state index in [9.17, 15) is 0 Å². The largest absolute Gasteiger partial charge is 0.365 e. The summed E-state index contributed by atoms with van der Waals surface area (Å²) in [5.41, 5.74) is 8.56. The van der Waals surface area contributed by atoms with Crippen LogP contribution in [0.5, 0.6) is 0 Å². The van der Waals surface area contributed by atoms with Gasteiger partial charge in [-0.1, -0.05) is 6.92 Å². The zero-order chi connectivity index (χ0) is 7.14. The summed E-state index contributed by atoms with van der Waals surface area (Å²) in [5.74, 6) is 0.613. The fourth-order valence-corrected chi connectivity index (χ4v) is 1.66. The molecule has 1 aromatic heterocycles. The Kier molecular flexibility index (Phi) is 1.11. The lowest BCUT2D eigenvalue weighted by molar-refractivity contribution is 0.510. The van der Waals surface area contributed by atoms with Gasteiger partial charge in [-0.15, -0.1) is 0 Å². The van der Waals surface area contributed by atoms with Gasteiger partial charge in [0.1, 0.15) is 0 Å². The molecule has 0 saturated carbocycles. The van der Waals surface area contributed by atoms with Gasteiger partial charge in [0.25, 0.3) is 0 Å². The van der Waals surface area contributed by atoms with Gasteiger partial charge in [-0.3, -0.25) is 0 Å². The van der Waals surface area contributed by atoms with Crippen LogP contribution in [0.15, 0.2) is 12.3 Å². The molecule has 0 aromatic carbocycles. The molecule has 0 saturated heterocycles. The van der Waals surface area contributed by atoms with Crippen LogP contribution in [0.4, 0.5) is 0 Å². The first kappa shape index (κ1) is 5.98. The Balaban J connectivity index is 2.43. The van der Waals surface area contributed by atoms with E-state index in [2.05, 4.69) is 18.0 Å². The second kappa shape index (κ2) is 1.86. The fraction of sp³-hybridized carbons (Fsp3) is 0.500. The van der Waals surface area contributed by atoms with Crippen LogP contribution in [0, 0.1) is 5.92 Å². The number of rotatable bonds is 0. The predicted molar refractivity (Wildman–Crippen MR) is 40.6 cm³/mol. The van der Waals surface area contributed by atoms with E-state index in [0.717, 1.165) is 6.42 Å². The lowest BCUT2D eigenvalue weighted by Crippen LogP contribution is -2.13. The highest BCUT2D eigenvalue weighted by Gasteiger charge is 2.26. The fourth-order valence-electron chi connectivity index (χ4n) is 1.66. The summed E-state index contributed by atoms with van der Waals surface area (Å²) >= 11 is 0. The van der Waals surface area contributed by atoms with Crippen molar-refractivity contribution in [1.82, 2.24) is 4.98 Å². The van der Waals surface area contributed by atoms with Gasteiger partial charge in [-0.05, 0) is 24.0 Å². The van der Waals surface area contributed by atoms with E-state index < -0.39 is 0 Å². The number of aromatic amines is 1. The van der Waals surface area contributed by atoms with Gasteiger partial charge in [0, 0.05) is 17.9 Å². The summed E-state index contributed by atoms with van der Waals surface area (Å²) < 4.78 is 0. The van der Waals surface area contributed by atoms with Crippen LogP contribution in [0.2, 0.25) is 0 Å². The summed E-state index contributed by atoms with van der Waals surface area (Å²) in [6, 6.07) is 2.35. The molecule has 2 unspecified atom stereocenters. The van der Waals surface area contributed by atoms with Crippen molar-refractivity contribution >= 4 is 0 Å². The highest BCUT2D eigenvalue weighted by atomic mass is 14.8. The van der Waals surface area contributed by atoms with Crippen molar-refractivity contribution in [3.05, 3.63) is 23.5 Å². The van der Waals surface area contributed by atoms with Gasteiger partial charge in [0.15, 0.2) is 0 Å². The lowest BCUT2D eigenvalue weighted by Gasteiger charge is -2.07. The topological polar surface area (TPSA) is 41.8 Å². The van der Waals surface area contributed by atoms with E-state index in [-0.39, 0.29) is 6.04 Å². The van der Waals surface area contributed by atoms with Gasteiger partial charge < -0.3 is 10.7 Å². The molecule has 1 aliphatic rings. The molecule has 1 aliphatic carbocycles. The van der Waals surface area contributed by atoms with E-state index >= 15 is 0 Å². The summed E-state index contributed by atoms with van der Waals surface area (Å²) in [6.07, 6.45) is 3.08. The van der Waals surface area contributed by atoms with E-state index in [1.54, 1.807) is 0 Å². The zero-order valence-corrected chi connectivity index (χ0v) is 6.09. The highest BCUT2D eigenvalue weighted by Crippen LogP contribution is 2.32. The maximum absolute atomic E-state index is 5.91. The molecular weight excluding hydrogens is 124 g/mol. The number of H-pyrrole nitrogens is 1. The number of aromatic nitrogens is 1. The molecule has 0 aliphatic heterocycles. The maximum atomic E-state index is 5.91. The van der Waals surface area contributed by atoms with Gasteiger partial charge in [-0.25, -0.2) is 0 Å². The number of nitrogens with one attached hydrogen (secondary N) is 1. The Bertz CT molecular complexity index is 239. The Labute approximate surface area is 60.4 Å². The molecule has 2 atom stereocenters. The van der Waals surface area contributed by atoms with Crippen molar-refractivity contribution in [1.29, 1.82) is 0 Å². The van der Waals surface area contributed by atoms with E-state index in [1.165, 1.54) is 11.3 Å². The first-order chi connectivity index (χ1) is 4.79. The SMILES string of the molecule is CC1Cc2[nH]ccc2C1N. The molecule has 1 aromatic rings. The summed E-state index contributed by atoms with van der Waals surface area (Å²) in [5, 5.41) is 0. The van der Waals surface area contributed by atoms with Crippen LogP contribution in [-0.2, 0) is 6.42 Å². The minimum absolute atomic E-state index is 0.265. The van der Waals surface area contributed by atoms with Crippen molar-refractivity contribution in [3.63, 3.8) is 0 Å². The number of nitrogens with two attached hydrogens (primary N) is 1. The first-order valence-corrected chi connectivity index (χ1v) is 3.71. The van der Waals surface area contributed by atoms with Crippen LogP contribution in [-0.4, -0.2) is 4.98 Å². The first-order valence-electron chi connectivity index (χ1n) is 3.71. The van der Waals surface area contributed by atoms with Crippen LogP contribution < -0.4 is 5.73 Å². The monoisotopic (exact) mass is 136 g/mol. The van der Waals surface area contributed by atoms with Crippen molar-refractivity contribution in [2.75, 3.05) is 0 Å². The Morgan fingerprint density at radius 1 is 1.70 bits per heavy atom. The third-order valence-electron chi connectivity index (χ3n) is 2.37. The Hall–Kier alpha value is -0.760.